The summed E-state index contributed by atoms with van der Waals surface area (Å²) in [6.45, 7) is 2.78. The van der Waals surface area contributed by atoms with E-state index in [9.17, 15) is 4.79 Å². The van der Waals surface area contributed by atoms with Crippen molar-refractivity contribution in [2.75, 3.05) is 13.2 Å². The summed E-state index contributed by atoms with van der Waals surface area (Å²) in [6.07, 6.45) is 3.18. The van der Waals surface area contributed by atoms with E-state index >= 15 is 0 Å². The Morgan fingerprint density at radius 1 is 1.54 bits per heavy atom. The Labute approximate surface area is 79.5 Å². The molecule has 4 N–H and O–H groups in total. The van der Waals surface area contributed by atoms with E-state index in [2.05, 4.69) is 5.32 Å². The second kappa shape index (κ2) is 8.01. The standard InChI is InChI=1S/C9H20N2O2/c1-2-5-8(10)9(13)11-6-3-4-7-12/h8,12H,2-7,10H2,1H3,(H,11,13)/t8-/m1/s1. The van der Waals surface area contributed by atoms with Gasteiger partial charge < -0.3 is 16.2 Å². The van der Waals surface area contributed by atoms with Crippen molar-refractivity contribution >= 4 is 5.91 Å². The number of carbonyl (C=O) groups excluding carboxylic acids is 1. The Balaban J connectivity index is 3.38. The number of unbranched alkanes of at least 4 members (excludes halogenated alkanes) is 1. The summed E-state index contributed by atoms with van der Waals surface area (Å²) in [4.78, 5) is 11.2. The quantitative estimate of drug-likeness (QED) is 0.492. The highest BCUT2D eigenvalue weighted by molar-refractivity contribution is 5.81. The maximum absolute atomic E-state index is 11.2. The SMILES string of the molecule is CCC[C@@H](N)C(=O)NCCCCO. The highest BCUT2D eigenvalue weighted by Crippen LogP contribution is 1.93. The topological polar surface area (TPSA) is 75.4 Å². The minimum atomic E-state index is -0.376. The highest BCUT2D eigenvalue weighted by Gasteiger charge is 2.10. The van der Waals surface area contributed by atoms with Gasteiger partial charge >= 0.3 is 0 Å². The molecule has 0 heterocycles. The molecule has 4 nitrogen and oxygen atoms in total. The number of aliphatic hydroxyl groups is 1. The molecule has 1 amide bonds. The molecular weight excluding hydrogens is 168 g/mol. The Kier molecular flexibility index (Phi) is 7.63. The number of hydrogen-bond acceptors (Lipinski definition) is 3. The van der Waals surface area contributed by atoms with Crippen LogP contribution < -0.4 is 11.1 Å². The van der Waals surface area contributed by atoms with Crippen molar-refractivity contribution in [1.82, 2.24) is 5.32 Å². The van der Waals surface area contributed by atoms with Crippen molar-refractivity contribution in [2.24, 2.45) is 5.73 Å². The lowest BCUT2D eigenvalue weighted by molar-refractivity contribution is -0.122. The molecule has 0 aromatic rings. The lowest BCUT2D eigenvalue weighted by Crippen LogP contribution is -2.40. The molecule has 1 atom stereocenters. The van der Waals surface area contributed by atoms with Gasteiger partial charge in [0, 0.05) is 13.2 Å². The molecule has 0 saturated heterocycles. The molecule has 13 heavy (non-hydrogen) atoms. The third kappa shape index (κ3) is 6.54. The molecule has 78 valence electrons. The first kappa shape index (κ1) is 12.4. The van der Waals surface area contributed by atoms with Crippen LogP contribution in [0.3, 0.4) is 0 Å². The molecule has 0 radical (unpaired) electrons. The summed E-state index contributed by atoms with van der Waals surface area (Å²) in [5, 5.41) is 11.2. The van der Waals surface area contributed by atoms with E-state index in [0.717, 1.165) is 25.7 Å². The third-order valence-electron chi connectivity index (χ3n) is 1.82. The van der Waals surface area contributed by atoms with Gasteiger partial charge in [0.15, 0.2) is 0 Å². The second-order valence-electron chi connectivity index (χ2n) is 3.12. The van der Waals surface area contributed by atoms with Crippen molar-refractivity contribution in [2.45, 2.75) is 38.6 Å². The van der Waals surface area contributed by atoms with Crippen LogP contribution in [0.4, 0.5) is 0 Å². The lowest BCUT2D eigenvalue weighted by Gasteiger charge is -2.10. The molecule has 0 unspecified atom stereocenters. The van der Waals surface area contributed by atoms with Crippen LogP contribution in [0.25, 0.3) is 0 Å². The lowest BCUT2D eigenvalue weighted by atomic mass is 10.1. The molecule has 4 heteroatoms. The van der Waals surface area contributed by atoms with Gasteiger partial charge in [-0.05, 0) is 19.3 Å². The molecule has 0 spiro atoms. The Morgan fingerprint density at radius 3 is 2.77 bits per heavy atom. The molecule has 0 aliphatic carbocycles. The normalized spacial score (nSPS) is 12.5. The Bertz CT molecular complexity index is 140. The zero-order valence-electron chi connectivity index (χ0n) is 8.25. The molecule has 0 saturated carbocycles. The first-order valence-corrected chi connectivity index (χ1v) is 4.86. The van der Waals surface area contributed by atoms with E-state index in [1.165, 1.54) is 0 Å². The van der Waals surface area contributed by atoms with Gasteiger partial charge in [-0.15, -0.1) is 0 Å². The third-order valence-corrected chi connectivity index (χ3v) is 1.82. The van der Waals surface area contributed by atoms with Gasteiger partial charge in [0.05, 0.1) is 6.04 Å². The molecule has 0 aliphatic heterocycles. The summed E-state index contributed by atoms with van der Waals surface area (Å²) in [6, 6.07) is -0.376. The van der Waals surface area contributed by atoms with E-state index in [1.54, 1.807) is 0 Å². The van der Waals surface area contributed by atoms with E-state index in [1.807, 2.05) is 6.92 Å². The largest absolute Gasteiger partial charge is 0.396 e. The summed E-state index contributed by atoms with van der Waals surface area (Å²) in [7, 11) is 0. The number of nitrogens with one attached hydrogen (secondary N) is 1. The Hall–Kier alpha value is -0.610. The summed E-state index contributed by atoms with van der Waals surface area (Å²) < 4.78 is 0. The van der Waals surface area contributed by atoms with E-state index in [0.29, 0.717) is 6.54 Å². The van der Waals surface area contributed by atoms with Crippen LogP contribution in [0.1, 0.15) is 32.6 Å². The average molecular weight is 188 g/mol. The van der Waals surface area contributed by atoms with Gasteiger partial charge in [-0.3, -0.25) is 4.79 Å². The average Bonchev–Trinajstić information content (AvgIpc) is 2.12. The maximum Gasteiger partial charge on any atom is 0.236 e. The van der Waals surface area contributed by atoms with Crippen LogP contribution >= 0.6 is 0 Å². The predicted octanol–water partition coefficient (Wildman–Crippen LogP) is 0.00250. The van der Waals surface area contributed by atoms with E-state index in [4.69, 9.17) is 10.8 Å². The van der Waals surface area contributed by atoms with Crippen LogP contribution in [0.2, 0.25) is 0 Å². The van der Waals surface area contributed by atoms with E-state index in [-0.39, 0.29) is 18.6 Å². The number of nitrogens with two attached hydrogens (primary N) is 1. The number of hydrogen-bond donors (Lipinski definition) is 3. The van der Waals surface area contributed by atoms with Crippen LogP contribution in [-0.2, 0) is 4.79 Å². The van der Waals surface area contributed by atoms with Crippen LogP contribution in [0, 0.1) is 0 Å². The maximum atomic E-state index is 11.2. The number of amides is 1. The molecule has 0 bridgehead atoms. The number of carbonyl (C=O) groups is 1. The van der Waals surface area contributed by atoms with E-state index < -0.39 is 0 Å². The second-order valence-corrected chi connectivity index (χ2v) is 3.12. The van der Waals surface area contributed by atoms with Crippen LogP contribution in [-0.4, -0.2) is 30.2 Å². The zero-order valence-corrected chi connectivity index (χ0v) is 8.25. The fourth-order valence-electron chi connectivity index (χ4n) is 1.02. The monoisotopic (exact) mass is 188 g/mol. The minimum Gasteiger partial charge on any atom is -0.396 e. The zero-order chi connectivity index (χ0) is 10.1. The van der Waals surface area contributed by atoms with Crippen LogP contribution in [0.5, 0.6) is 0 Å². The van der Waals surface area contributed by atoms with Crippen molar-refractivity contribution in [1.29, 1.82) is 0 Å². The van der Waals surface area contributed by atoms with Gasteiger partial charge in [-0.25, -0.2) is 0 Å². The first-order valence-electron chi connectivity index (χ1n) is 4.86. The van der Waals surface area contributed by atoms with Gasteiger partial charge in [0.25, 0.3) is 0 Å². The highest BCUT2D eigenvalue weighted by atomic mass is 16.2. The van der Waals surface area contributed by atoms with Crippen molar-refractivity contribution in [3.8, 4) is 0 Å². The first-order chi connectivity index (χ1) is 6.22. The van der Waals surface area contributed by atoms with Gasteiger partial charge in [0.2, 0.25) is 5.91 Å². The van der Waals surface area contributed by atoms with Crippen molar-refractivity contribution in [3.05, 3.63) is 0 Å². The fraction of sp³-hybridized carbons (Fsp3) is 0.889. The van der Waals surface area contributed by atoms with Gasteiger partial charge in [-0.1, -0.05) is 13.3 Å². The molecule has 0 fully saturated rings. The van der Waals surface area contributed by atoms with Crippen LogP contribution in [0.15, 0.2) is 0 Å². The smallest absolute Gasteiger partial charge is 0.236 e. The predicted molar refractivity (Wildman–Crippen MR) is 52.2 cm³/mol. The number of aliphatic hydroxyl groups excluding tert-OH is 1. The molecule has 0 aliphatic rings. The van der Waals surface area contributed by atoms with Crippen molar-refractivity contribution < 1.29 is 9.90 Å². The van der Waals surface area contributed by atoms with Crippen molar-refractivity contribution in [3.63, 3.8) is 0 Å². The Morgan fingerprint density at radius 2 is 2.23 bits per heavy atom. The molecule has 0 aromatic carbocycles. The number of rotatable bonds is 7. The summed E-state index contributed by atoms with van der Waals surface area (Å²) in [5.41, 5.74) is 5.58. The summed E-state index contributed by atoms with van der Waals surface area (Å²) in [5.74, 6) is -0.0835. The molecular formula is C9H20N2O2. The fourth-order valence-corrected chi connectivity index (χ4v) is 1.02. The molecule has 0 aromatic heterocycles. The van der Waals surface area contributed by atoms with Gasteiger partial charge in [-0.2, -0.15) is 0 Å². The minimum absolute atomic E-state index is 0.0835. The summed E-state index contributed by atoms with van der Waals surface area (Å²) >= 11 is 0. The van der Waals surface area contributed by atoms with Gasteiger partial charge in [0.1, 0.15) is 0 Å². The molecule has 0 rings (SSSR count).